The average Bonchev–Trinajstić information content (AvgIpc) is 3.14. The van der Waals surface area contributed by atoms with Gasteiger partial charge in [-0.25, -0.2) is 4.99 Å². The number of aryl methyl sites for hydroxylation is 1. The minimum Gasteiger partial charge on any atom is -0.428 e. The number of hydrogen-bond donors (Lipinski definition) is 0. The maximum atomic E-state index is 5.76. The zero-order chi connectivity index (χ0) is 15.5. The highest BCUT2D eigenvalue weighted by Gasteiger charge is 2.17. The van der Waals surface area contributed by atoms with Crippen LogP contribution in [-0.2, 0) is 7.05 Å². The number of nitrogens with zero attached hydrogens (tertiary/aromatic N) is 4. The van der Waals surface area contributed by atoms with Gasteiger partial charge in [-0.3, -0.25) is 4.57 Å². The van der Waals surface area contributed by atoms with Crippen molar-refractivity contribution in [3.63, 3.8) is 0 Å². The van der Waals surface area contributed by atoms with Crippen molar-refractivity contribution in [1.29, 1.82) is 0 Å². The molecule has 1 fully saturated rings. The summed E-state index contributed by atoms with van der Waals surface area (Å²) in [5.74, 6) is 1.62. The number of benzene rings is 1. The Kier molecular flexibility index (Phi) is 4.13. The lowest BCUT2D eigenvalue weighted by molar-refractivity contribution is 0.448. The molecule has 0 unspecified atom stereocenters. The van der Waals surface area contributed by atoms with Gasteiger partial charge >= 0.3 is 5.68 Å². The molecule has 0 aliphatic carbocycles. The van der Waals surface area contributed by atoms with E-state index in [2.05, 4.69) is 9.89 Å². The molecule has 1 saturated heterocycles. The van der Waals surface area contributed by atoms with Crippen LogP contribution in [0.3, 0.4) is 0 Å². The van der Waals surface area contributed by atoms with Gasteiger partial charge in [-0.2, -0.15) is 4.99 Å². The van der Waals surface area contributed by atoms with E-state index in [0.717, 1.165) is 36.2 Å². The lowest BCUT2D eigenvalue weighted by Gasteiger charge is -2.15. The quantitative estimate of drug-likeness (QED) is 0.600. The van der Waals surface area contributed by atoms with Crippen LogP contribution < -0.4 is 5.68 Å². The molecule has 22 heavy (non-hydrogen) atoms. The third kappa shape index (κ3) is 2.98. The van der Waals surface area contributed by atoms with E-state index < -0.39 is 0 Å². The SMILES string of the molecule is Cc1oc(=NC(=Nc2ccccc2)N2CCCC2)n(C)c1C. The van der Waals surface area contributed by atoms with Crippen molar-refractivity contribution in [3.8, 4) is 0 Å². The highest BCUT2D eigenvalue weighted by molar-refractivity contribution is 5.83. The fourth-order valence-corrected chi connectivity index (χ4v) is 2.54. The monoisotopic (exact) mass is 298 g/mol. The molecule has 0 N–H and O–H groups in total. The normalized spacial score (nSPS) is 16.6. The van der Waals surface area contributed by atoms with E-state index in [0.29, 0.717) is 5.68 Å². The van der Waals surface area contributed by atoms with Gasteiger partial charge in [0.1, 0.15) is 5.76 Å². The number of rotatable bonds is 1. The molecule has 0 radical (unpaired) electrons. The Balaban J connectivity index is 2.06. The minimum atomic E-state index is 0.594. The fourth-order valence-electron chi connectivity index (χ4n) is 2.54. The van der Waals surface area contributed by atoms with Gasteiger partial charge in [0, 0.05) is 20.1 Å². The Hall–Kier alpha value is -2.30. The van der Waals surface area contributed by atoms with Gasteiger partial charge in [0.2, 0.25) is 5.96 Å². The van der Waals surface area contributed by atoms with Gasteiger partial charge in [-0.05, 0) is 38.8 Å². The van der Waals surface area contributed by atoms with Crippen LogP contribution in [0.1, 0.15) is 24.3 Å². The molecule has 0 spiro atoms. The zero-order valence-electron chi connectivity index (χ0n) is 13.4. The van der Waals surface area contributed by atoms with Crippen LogP contribution >= 0.6 is 0 Å². The number of oxazole rings is 1. The fraction of sp³-hybridized carbons (Fsp3) is 0.412. The second-order valence-electron chi connectivity index (χ2n) is 5.64. The largest absolute Gasteiger partial charge is 0.428 e. The Morgan fingerprint density at radius 3 is 2.36 bits per heavy atom. The summed E-state index contributed by atoms with van der Waals surface area (Å²) in [7, 11) is 1.97. The highest BCUT2D eigenvalue weighted by atomic mass is 16.4. The Morgan fingerprint density at radius 2 is 1.77 bits per heavy atom. The summed E-state index contributed by atoms with van der Waals surface area (Å²) < 4.78 is 7.73. The number of para-hydroxylation sites is 1. The molecular formula is C17H22N4O. The van der Waals surface area contributed by atoms with Crippen LogP contribution in [0.5, 0.6) is 0 Å². The van der Waals surface area contributed by atoms with Gasteiger partial charge in [0.25, 0.3) is 0 Å². The third-order valence-corrected chi connectivity index (χ3v) is 4.11. The summed E-state index contributed by atoms with van der Waals surface area (Å²) in [6.07, 6.45) is 2.37. The lowest BCUT2D eigenvalue weighted by atomic mass is 10.3. The number of likely N-dealkylation sites (tertiary alicyclic amines) is 1. The highest BCUT2D eigenvalue weighted by Crippen LogP contribution is 2.15. The second-order valence-corrected chi connectivity index (χ2v) is 5.64. The first-order chi connectivity index (χ1) is 10.6. The van der Waals surface area contributed by atoms with Gasteiger partial charge in [-0.1, -0.05) is 18.2 Å². The van der Waals surface area contributed by atoms with Gasteiger partial charge in [0.15, 0.2) is 0 Å². The molecule has 0 saturated carbocycles. The molecule has 1 aliphatic heterocycles. The van der Waals surface area contributed by atoms with Crippen molar-refractivity contribution in [2.75, 3.05) is 13.1 Å². The van der Waals surface area contributed by atoms with E-state index in [1.165, 1.54) is 12.8 Å². The van der Waals surface area contributed by atoms with Gasteiger partial charge in [-0.15, -0.1) is 0 Å². The average molecular weight is 298 g/mol. The number of aliphatic imine (C=N–C) groups is 1. The molecule has 3 rings (SSSR count). The molecule has 1 aliphatic rings. The maximum Gasteiger partial charge on any atom is 0.304 e. The summed E-state index contributed by atoms with van der Waals surface area (Å²) in [6, 6.07) is 9.95. The van der Waals surface area contributed by atoms with Crippen LogP contribution in [0.4, 0.5) is 5.69 Å². The Bertz CT molecular complexity index is 734. The number of aromatic nitrogens is 1. The molecule has 5 heteroatoms. The van der Waals surface area contributed by atoms with E-state index in [1.54, 1.807) is 0 Å². The number of hydrogen-bond acceptors (Lipinski definition) is 2. The van der Waals surface area contributed by atoms with E-state index >= 15 is 0 Å². The molecule has 5 nitrogen and oxygen atoms in total. The summed E-state index contributed by atoms with van der Waals surface area (Å²) >= 11 is 0. The van der Waals surface area contributed by atoms with Gasteiger partial charge < -0.3 is 9.32 Å². The van der Waals surface area contributed by atoms with Crippen LogP contribution in [0, 0.1) is 13.8 Å². The topological polar surface area (TPSA) is 46.0 Å². The maximum absolute atomic E-state index is 5.76. The van der Waals surface area contributed by atoms with Crippen molar-refractivity contribution < 1.29 is 4.42 Å². The van der Waals surface area contributed by atoms with E-state index in [4.69, 9.17) is 9.41 Å². The Labute approximate surface area is 130 Å². The standard InChI is InChI=1S/C17H22N4O/c1-13-14(2)22-17(20(13)3)19-16(21-11-7-8-12-21)18-15-9-5-4-6-10-15/h4-6,9-10H,7-8,11-12H2,1-3H3. The van der Waals surface area contributed by atoms with Crippen molar-refractivity contribution >= 4 is 11.6 Å². The zero-order valence-corrected chi connectivity index (χ0v) is 13.4. The van der Waals surface area contributed by atoms with Gasteiger partial charge in [0.05, 0.1) is 11.4 Å². The summed E-state index contributed by atoms with van der Waals surface area (Å²) in [4.78, 5) is 11.6. The van der Waals surface area contributed by atoms with Crippen LogP contribution in [0.2, 0.25) is 0 Å². The van der Waals surface area contributed by atoms with E-state index in [-0.39, 0.29) is 0 Å². The van der Waals surface area contributed by atoms with Crippen molar-refractivity contribution in [1.82, 2.24) is 9.47 Å². The number of guanidine groups is 1. The van der Waals surface area contributed by atoms with Crippen LogP contribution in [-0.4, -0.2) is 28.5 Å². The van der Waals surface area contributed by atoms with Crippen LogP contribution in [0.25, 0.3) is 0 Å². The molecular weight excluding hydrogens is 276 g/mol. The molecule has 2 heterocycles. The summed E-state index contributed by atoms with van der Waals surface area (Å²) in [5, 5.41) is 0. The van der Waals surface area contributed by atoms with Crippen molar-refractivity contribution in [3.05, 3.63) is 47.5 Å². The van der Waals surface area contributed by atoms with E-state index in [9.17, 15) is 0 Å². The minimum absolute atomic E-state index is 0.594. The molecule has 116 valence electrons. The van der Waals surface area contributed by atoms with E-state index in [1.807, 2.05) is 55.8 Å². The van der Waals surface area contributed by atoms with Crippen molar-refractivity contribution in [2.24, 2.45) is 17.0 Å². The lowest BCUT2D eigenvalue weighted by Crippen LogP contribution is -2.29. The first-order valence-corrected chi connectivity index (χ1v) is 7.71. The second kappa shape index (κ2) is 6.22. The first-order valence-electron chi connectivity index (χ1n) is 7.71. The molecule has 0 amide bonds. The first kappa shape index (κ1) is 14.6. The molecule has 2 aromatic rings. The molecule has 0 bridgehead atoms. The predicted octanol–water partition coefficient (Wildman–Crippen LogP) is 2.92. The predicted molar refractivity (Wildman–Crippen MR) is 87.1 cm³/mol. The van der Waals surface area contributed by atoms with Crippen molar-refractivity contribution in [2.45, 2.75) is 26.7 Å². The molecule has 1 aromatic heterocycles. The molecule has 1 aromatic carbocycles. The third-order valence-electron chi connectivity index (χ3n) is 4.11. The van der Waals surface area contributed by atoms with Crippen LogP contribution in [0.15, 0.2) is 44.7 Å². The smallest absolute Gasteiger partial charge is 0.304 e. The molecule has 0 atom stereocenters. The summed E-state index contributed by atoms with van der Waals surface area (Å²) in [6.45, 7) is 5.98. The Morgan fingerprint density at radius 1 is 1.09 bits per heavy atom. The summed E-state index contributed by atoms with van der Waals surface area (Å²) in [5.41, 5.74) is 2.59.